The van der Waals surface area contributed by atoms with Crippen LogP contribution in [-0.2, 0) is 5.60 Å². The summed E-state index contributed by atoms with van der Waals surface area (Å²) in [6, 6.07) is 7.27. The van der Waals surface area contributed by atoms with E-state index in [1.165, 1.54) is 0 Å². The van der Waals surface area contributed by atoms with Crippen molar-refractivity contribution in [3.8, 4) is 11.5 Å². The van der Waals surface area contributed by atoms with Gasteiger partial charge >= 0.3 is 0 Å². The Bertz CT molecular complexity index is 558. The van der Waals surface area contributed by atoms with Crippen LogP contribution in [0.5, 0.6) is 11.5 Å². The van der Waals surface area contributed by atoms with Crippen molar-refractivity contribution in [1.29, 1.82) is 0 Å². The number of hydrogen-bond donors (Lipinski definition) is 1. The molecule has 0 saturated carbocycles. The molecular weight excluding hydrogens is 244 g/mol. The van der Waals surface area contributed by atoms with Gasteiger partial charge in [-0.25, -0.2) is 0 Å². The van der Waals surface area contributed by atoms with Crippen LogP contribution in [0.2, 0.25) is 0 Å². The van der Waals surface area contributed by atoms with Gasteiger partial charge in [0.25, 0.3) is 0 Å². The fraction of sp³-hybridized carbons (Fsp3) is 0.333. The van der Waals surface area contributed by atoms with E-state index in [1.54, 1.807) is 25.5 Å². The Balaban J connectivity index is 2.00. The third-order valence-corrected chi connectivity index (χ3v) is 3.39. The maximum Gasteiger partial charge on any atom is 0.161 e. The molecule has 19 heavy (non-hydrogen) atoms. The van der Waals surface area contributed by atoms with Crippen molar-refractivity contribution in [3.05, 3.63) is 47.9 Å². The Morgan fingerprint density at radius 1 is 1.05 bits per heavy atom. The highest BCUT2D eigenvalue weighted by Gasteiger charge is 2.28. The first-order valence-electron chi connectivity index (χ1n) is 6.33. The molecule has 4 nitrogen and oxygen atoms in total. The Kier molecular flexibility index (Phi) is 2.95. The lowest BCUT2D eigenvalue weighted by Gasteiger charge is -2.23. The molecule has 100 valence electrons. The molecule has 0 spiro atoms. The van der Waals surface area contributed by atoms with Crippen LogP contribution in [0.4, 0.5) is 0 Å². The highest BCUT2D eigenvalue weighted by Crippen LogP contribution is 2.36. The molecule has 1 aliphatic rings. The standard InChI is InChI=1S/C15H16O4/c1-15(16,12-5-8-17-10-12)11-3-4-13-14(9-11)19-7-2-6-18-13/h3-5,8-10,16H,2,6-7H2,1H3. The van der Waals surface area contributed by atoms with Gasteiger partial charge in [0.2, 0.25) is 0 Å². The normalized spacial score (nSPS) is 17.6. The number of aliphatic hydroxyl groups is 1. The summed E-state index contributed by atoms with van der Waals surface area (Å²) in [4.78, 5) is 0. The van der Waals surface area contributed by atoms with E-state index >= 15 is 0 Å². The van der Waals surface area contributed by atoms with E-state index < -0.39 is 5.60 Å². The first-order chi connectivity index (χ1) is 9.18. The van der Waals surface area contributed by atoms with E-state index in [1.807, 2.05) is 18.2 Å². The van der Waals surface area contributed by atoms with Crippen molar-refractivity contribution in [2.75, 3.05) is 13.2 Å². The summed E-state index contributed by atoms with van der Waals surface area (Å²) in [7, 11) is 0. The summed E-state index contributed by atoms with van der Waals surface area (Å²) in [5.74, 6) is 1.41. The average molecular weight is 260 g/mol. The van der Waals surface area contributed by atoms with Gasteiger partial charge in [0.1, 0.15) is 5.60 Å². The van der Waals surface area contributed by atoms with Gasteiger partial charge in [0, 0.05) is 12.0 Å². The zero-order valence-corrected chi connectivity index (χ0v) is 10.8. The van der Waals surface area contributed by atoms with E-state index in [0.717, 1.165) is 17.7 Å². The summed E-state index contributed by atoms with van der Waals surface area (Å²) < 4.78 is 16.3. The molecule has 1 aromatic heterocycles. The molecule has 2 heterocycles. The van der Waals surface area contributed by atoms with Crippen molar-refractivity contribution < 1.29 is 19.0 Å². The van der Waals surface area contributed by atoms with Gasteiger partial charge in [-0.05, 0) is 30.7 Å². The fourth-order valence-corrected chi connectivity index (χ4v) is 2.17. The molecule has 0 aliphatic carbocycles. The number of benzene rings is 1. The lowest BCUT2D eigenvalue weighted by atomic mass is 9.90. The average Bonchev–Trinajstić information content (AvgIpc) is 2.85. The molecule has 1 atom stereocenters. The number of rotatable bonds is 2. The molecule has 1 unspecified atom stereocenters. The Hall–Kier alpha value is -1.94. The first-order valence-corrected chi connectivity index (χ1v) is 6.33. The SMILES string of the molecule is CC(O)(c1ccoc1)c1ccc2c(c1)OCCCO2. The highest BCUT2D eigenvalue weighted by atomic mass is 16.5. The molecular formula is C15H16O4. The monoisotopic (exact) mass is 260 g/mol. The number of fused-ring (bicyclic) bond motifs is 1. The summed E-state index contributed by atoms with van der Waals surface area (Å²) in [5.41, 5.74) is 0.345. The molecule has 1 N–H and O–H groups in total. The topological polar surface area (TPSA) is 51.8 Å². The Labute approximate surface area is 111 Å². The minimum atomic E-state index is -1.11. The maximum absolute atomic E-state index is 10.7. The smallest absolute Gasteiger partial charge is 0.161 e. The highest BCUT2D eigenvalue weighted by molar-refractivity contribution is 5.47. The molecule has 1 aliphatic heterocycles. The largest absolute Gasteiger partial charge is 0.490 e. The van der Waals surface area contributed by atoms with Crippen LogP contribution in [-0.4, -0.2) is 18.3 Å². The van der Waals surface area contributed by atoms with E-state index in [2.05, 4.69) is 0 Å². The summed E-state index contributed by atoms with van der Waals surface area (Å²) >= 11 is 0. The van der Waals surface area contributed by atoms with Crippen LogP contribution < -0.4 is 9.47 Å². The third kappa shape index (κ3) is 2.19. The van der Waals surface area contributed by atoms with Gasteiger partial charge in [-0.3, -0.25) is 0 Å². The summed E-state index contributed by atoms with van der Waals surface area (Å²) in [5, 5.41) is 10.7. The van der Waals surface area contributed by atoms with Crippen LogP contribution in [0.15, 0.2) is 41.2 Å². The first kappa shape index (κ1) is 12.1. The predicted molar refractivity (Wildman–Crippen MR) is 69.4 cm³/mol. The second-order valence-corrected chi connectivity index (χ2v) is 4.80. The zero-order valence-electron chi connectivity index (χ0n) is 10.8. The molecule has 0 bridgehead atoms. The molecule has 0 amide bonds. The second-order valence-electron chi connectivity index (χ2n) is 4.80. The van der Waals surface area contributed by atoms with E-state index in [4.69, 9.17) is 13.9 Å². The number of ether oxygens (including phenoxy) is 2. The maximum atomic E-state index is 10.7. The molecule has 2 aromatic rings. The second kappa shape index (κ2) is 4.63. The van der Waals surface area contributed by atoms with Crippen LogP contribution in [0, 0.1) is 0 Å². The zero-order chi connectivity index (χ0) is 13.3. The molecule has 0 radical (unpaired) electrons. The van der Waals surface area contributed by atoms with Gasteiger partial charge in [0.05, 0.1) is 25.7 Å². The van der Waals surface area contributed by atoms with Crippen molar-refractivity contribution in [2.24, 2.45) is 0 Å². The molecule has 4 heteroatoms. The minimum Gasteiger partial charge on any atom is -0.490 e. The number of hydrogen-bond acceptors (Lipinski definition) is 4. The van der Waals surface area contributed by atoms with Gasteiger partial charge in [-0.15, -0.1) is 0 Å². The molecule has 1 aromatic carbocycles. The van der Waals surface area contributed by atoms with Crippen LogP contribution in [0.25, 0.3) is 0 Å². The van der Waals surface area contributed by atoms with Gasteiger partial charge in [-0.1, -0.05) is 6.07 Å². The molecule has 0 saturated heterocycles. The molecule has 3 rings (SSSR count). The Morgan fingerprint density at radius 2 is 1.84 bits per heavy atom. The van der Waals surface area contributed by atoms with Crippen molar-refractivity contribution >= 4 is 0 Å². The van der Waals surface area contributed by atoms with Crippen LogP contribution >= 0.6 is 0 Å². The lowest BCUT2D eigenvalue weighted by Crippen LogP contribution is -2.22. The lowest BCUT2D eigenvalue weighted by molar-refractivity contribution is 0.101. The van der Waals surface area contributed by atoms with Crippen molar-refractivity contribution in [3.63, 3.8) is 0 Å². The quantitative estimate of drug-likeness (QED) is 0.902. The molecule has 0 fully saturated rings. The van der Waals surface area contributed by atoms with Crippen LogP contribution in [0.3, 0.4) is 0 Å². The fourth-order valence-electron chi connectivity index (χ4n) is 2.17. The van der Waals surface area contributed by atoms with Crippen molar-refractivity contribution in [2.45, 2.75) is 18.9 Å². The summed E-state index contributed by atoms with van der Waals surface area (Å²) in [6.07, 6.45) is 3.96. The number of furan rings is 1. The van der Waals surface area contributed by atoms with E-state index in [9.17, 15) is 5.11 Å². The van der Waals surface area contributed by atoms with E-state index in [0.29, 0.717) is 24.5 Å². The third-order valence-electron chi connectivity index (χ3n) is 3.39. The predicted octanol–water partition coefficient (Wildman–Crippen LogP) is 2.70. The van der Waals surface area contributed by atoms with Crippen LogP contribution in [0.1, 0.15) is 24.5 Å². The van der Waals surface area contributed by atoms with Gasteiger partial charge < -0.3 is 19.0 Å². The minimum absolute atomic E-state index is 0.629. The Morgan fingerprint density at radius 3 is 2.58 bits per heavy atom. The van der Waals surface area contributed by atoms with Gasteiger partial charge in [0.15, 0.2) is 11.5 Å². The van der Waals surface area contributed by atoms with Crippen molar-refractivity contribution in [1.82, 2.24) is 0 Å². The van der Waals surface area contributed by atoms with Gasteiger partial charge in [-0.2, -0.15) is 0 Å². The summed E-state index contributed by atoms with van der Waals surface area (Å²) in [6.45, 7) is 3.02. The van der Waals surface area contributed by atoms with E-state index in [-0.39, 0.29) is 0 Å².